The highest BCUT2D eigenvalue weighted by atomic mass is 32.1. The Morgan fingerprint density at radius 2 is 2.00 bits per heavy atom. The molecule has 4 nitrogen and oxygen atoms in total. The maximum atomic E-state index is 12.3. The molecule has 2 N–H and O–H groups in total. The van der Waals surface area contributed by atoms with Crippen LogP contribution in [0.15, 0.2) is 41.8 Å². The zero-order chi connectivity index (χ0) is 16.2. The summed E-state index contributed by atoms with van der Waals surface area (Å²) >= 11 is 1.67. The maximum Gasteiger partial charge on any atom is 0.335 e. The van der Waals surface area contributed by atoms with Crippen molar-refractivity contribution in [3.8, 4) is 0 Å². The van der Waals surface area contributed by atoms with Crippen LogP contribution in [-0.4, -0.2) is 17.0 Å². The van der Waals surface area contributed by atoms with Gasteiger partial charge in [-0.05, 0) is 48.3 Å². The van der Waals surface area contributed by atoms with Crippen molar-refractivity contribution in [3.05, 3.63) is 57.8 Å². The summed E-state index contributed by atoms with van der Waals surface area (Å²) < 4.78 is 0. The lowest BCUT2D eigenvalue weighted by atomic mass is 10.0. The van der Waals surface area contributed by atoms with Gasteiger partial charge in [-0.25, -0.2) is 4.79 Å². The van der Waals surface area contributed by atoms with Crippen molar-refractivity contribution in [2.45, 2.75) is 31.7 Å². The highest BCUT2D eigenvalue weighted by Crippen LogP contribution is 2.42. The van der Waals surface area contributed by atoms with Crippen molar-refractivity contribution in [1.82, 2.24) is 5.32 Å². The van der Waals surface area contributed by atoms with Crippen molar-refractivity contribution in [2.75, 3.05) is 0 Å². The Morgan fingerprint density at radius 1 is 1.22 bits per heavy atom. The first-order chi connectivity index (χ1) is 11.1. The largest absolute Gasteiger partial charge is 0.478 e. The molecule has 2 aromatic rings. The second kappa shape index (κ2) is 6.96. The lowest BCUT2D eigenvalue weighted by Gasteiger charge is -2.17. The highest BCUT2D eigenvalue weighted by molar-refractivity contribution is 7.10. The average molecular weight is 329 g/mol. The van der Waals surface area contributed by atoms with Crippen molar-refractivity contribution in [1.29, 1.82) is 0 Å². The number of carbonyl (C=O) groups excluding carboxylic acids is 1. The number of amides is 1. The smallest absolute Gasteiger partial charge is 0.335 e. The van der Waals surface area contributed by atoms with Gasteiger partial charge in [0.25, 0.3) is 0 Å². The fourth-order valence-electron chi connectivity index (χ4n) is 2.76. The molecule has 1 heterocycles. The fourth-order valence-corrected chi connectivity index (χ4v) is 3.63. The molecule has 0 saturated heterocycles. The van der Waals surface area contributed by atoms with Crippen molar-refractivity contribution in [3.63, 3.8) is 0 Å². The van der Waals surface area contributed by atoms with Crippen LogP contribution in [0.2, 0.25) is 0 Å². The van der Waals surface area contributed by atoms with Crippen LogP contribution in [0.25, 0.3) is 0 Å². The van der Waals surface area contributed by atoms with E-state index in [2.05, 4.69) is 11.4 Å². The molecule has 0 radical (unpaired) electrons. The molecule has 5 heteroatoms. The summed E-state index contributed by atoms with van der Waals surface area (Å²) in [6.45, 7) is 0. The summed E-state index contributed by atoms with van der Waals surface area (Å²) in [5.41, 5.74) is 0.978. The molecule has 23 heavy (non-hydrogen) atoms. The molecule has 1 amide bonds. The predicted molar refractivity (Wildman–Crippen MR) is 89.6 cm³/mol. The normalized spacial score (nSPS) is 15.1. The third kappa shape index (κ3) is 3.99. The Bertz CT molecular complexity index is 692. The van der Waals surface area contributed by atoms with Crippen molar-refractivity contribution in [2.24, 2.45) is 5.92 Å². The Labute approximate surface area is 139 Å². The number of aryl methyl sites for hydroxylation is 1. The van der Waals surface area contributed by atoms with E-state index in [-0.39, 0.29) is 17.5 Å². The third-order valence-electron chi connectivity index (χ3n) is 4.13. The summed E-state index contributed by atoms with van der Waals surface area (Å²) in [5, 5.41) is 14.3. The molecular weight excluding hydrogens is 310 g/mol. The molecule has 1 atom stereocenters. The van der Waals surface area contributed by atoms with E-state index < -0.39 is 5.97 Å². The Hall–Kier alpha value is -2.14. The first kappa shape index (κ1) is 15.7. The summed E-state index contributed by atoms with van der Waals surface area (Å²) in [5.74, 6) is -0.421. The predicted octanol–water partition coefficient (Wildman–Crippen LogP) is 3.65. The molecule has 0 bridgehead atoms. The monoisotopic (exact) mass is 329 g/mol. The topological polar surface area (TPSA) is 66.4 Å². The number of thiophene rings is 1. The summed E-state index contributed by atoms with van der Waals surface area (Å²) in [6, 6.07) is 11.0. The minimum absolute atomic E-state index is 0.0181. The minimum atomic E-state index is -0.949. The van der Waals surface area contributed by atoms with Gasteiger partial charge in [0.15, 0.2) is 0 Å². The van der Waals surface area contributed by atoms with Crippen LogP contribution >= 0.6 is 11.3 Å². The number of rotatable bonds is 7. The van der Waals surface area contributed by atoms with Gasteiger partial charge in [-0.2, -0.15) is 0 Å². The molecular formula is C18H19NO3S. The molecule has 1 saturated carbocycles. The molecule has 0 spiro atoms. The molecule has 1 aliphatic rings. The van der Waals surface area contributed by atoms with Gasteiger partial charge >= 0.3 is 5.97 Å². The van der Waals surface area contributed by atoms with E-state index in [0.29, 0.717) is 24.3 Å². The van der Waals surface area contributed by atoms with Gasteiger partial charge in [0.1, 0.15) is 0 Å². The molecule has 1 aliphatic carbocycles. The quantitative estimate of drug-likeness (QED) is 0.815. The second-order valence-electron chi connectivity index (χ2n) is 5.86. The van der Waals surface area contributed by atoms with Gasteiger partial charge in [-0.1, -0.05) is 24.3 Å². The first-order valence-corrected chi connectivity index (χ1v) is 8.67. The lowest BCUT2D eigenvalue weighted by molar-refractivity contribution is -0.121. The van der Waals surface area contributed by atoms with Gasteiger partial charge < -0.3 is 10.4 Å². The number of carbonyl (C=O) groups is 2. The standard InChI is InChI=1S/C18H19NO3S/c20-16(10-9-12-4-1-2-5-14(12)18(21)22)19-17(13-7-8-13)15-6-3-11-23-15/h1-6,11,13,17H,7-10H2,(H,19,20)(H,21,22). The van der Waals surface area contributed by atoms with Gasteiger partial charge in [0, 0.05) is 11.3 Å². The minimum Gasteiger partial charge on any atom is -0.478 e. The molecule has 1 aromatic heterocycles. The lowest BCUT2D eigenvalue weighted by Crippen LogP contribution is -2.29. The van der Waals surface area contributed by atoms with Gasteiger partial charge in [0.05, 0.1) is 11.6 Å². The SMILES string of the molecule is O=C(CCc1ccccc1C(=O)O)NC(c1cccs1)C1CC1. The molecule has 1 aromatic carbocycles. The van der Waals surface area contributed by atoms with E-state index in [9.17, 15) is 14.7 Å². The number of benzene rings is 1. The van der Waals surface area contributed by atoms with E-state index in [4.69, 9.17) is 0 Å². The van der Waals surface area contributed by atoms with Gasteiger partial charge in [-0.15, -0.1) is 11.3 Å². The number of hydrogen-bond acceptors (Lipinski definition) is 3. The molecule has 3 rings (SSSR count). The fraction of sp³-hybridized carbons (Fsp3) is 0.333. The Morgan fingerprint density at radius 3 is 2.65 bits per heavy atom. The molecule has 120 valence electrons. The summed E-state index contributed by atoms with van der Waals surface area (Å²) in [7, 11) is 0. The summed E-state index contributed by atoms with van der Waals surface area (Å²) in [4.78, 5) is 24.7. The van der Waals surface area contributed by atoms with Crippen LogP contribution in [-0.2, 0) is 11.2 Å². The number of carboxylic acid groups (broad SMARTS) is 1. The van der Waals surface area contributed by atoms with E-state index in [1.165, 1.54) is 4.88 Å². The molecule has 1 unspecified atom stereocenters. The molecule has 0 aliphatic heterocycles. The second-order valence-corrected chi connectivity index (χ2v) is 6.84. The highest BCUT2D eigenvalue weighted by Gasteiger charge is 2.33. The number of nitrogens with one attached hydrogen (secondary N) is 1. The van der Waals surface area contributed by atoms with Crippen LogP contribution in [0.4, 0.5) is 0 Å². The van der Waals surface area contributed by atoms with Crippen LogP contribution < -0.4 is 5.32 Å². The van der Waals surface area contributed by atoms with Crippen LogP contribution in [0.1, 0.15) is 46.1 Å². The van der Waals surface area contributed by atoms with Crippen LogP contribution in [0.3, 0.4) is 0 Å². The van der Waals surface area contributed by atoms with Crippen LogP contribution in [0.5, 0.6) is 0 Å². The van der Waals surface area contributed by atoms with E-state index in [1.54, 1.807) is 35.6 Å². The van der Waals surface area contributed by atoms with Crippen molar-refractivity contribution < 1.29 is 14.7 Å². The third-order valence-corrected chi connectivity index (χ3v) is 5.08. The van der Waals surface area contributed by atoms with E-state index in [0.717, 1.165) is 12.8 Å². The Kier molecular flexibility index (Phi) is 4.76. The van der Waals surface area contributed by atoms with Crippen LogP contribution in [0, 0.1) is 5.92 Å². The van der Waals surface area contributed by atoms with Crippen molar-refractivity contribution >= 4 is 23.2 Å². The van der Waals surface area contributed by atoms with E-state index >= 15 is 0 Å². The maximum absolute atomic E-state index is 12.3. The van der Waals surface area contributed by atoms with E-state index in [1.807, 2.05) is 11.4 Å². The Balaban J connectivity index is 1.60. The molecule has 1 fully saturated rings. The van der Waals surface area contributed by atoms with Gasteiger partial charge in [0.2, 0.25) is 5.91 Å². The number of hydrogen-bond donors (Lipinski definition) is 2. The number of carboxylic acids is 1. The van der Waals surface area contributed by atoms with Gasteiger partial charge in [-0.3, -0.25) is 4.79 Å². The number of aromatic carboxylic acids is 1. The summed E-state index contributed by atoms with van der Waals surface area (Å²) in [6.07, 6.45) is 3.06. The first-order valence-electron chi connectivity index (χ1n) is 7.79. The average Bonchev–Trinajstić information content (AvgIpc) is 3.24. The zero-order valence-electron chi connectivity index (χ0n) is 12.7. The zero-order valence-corrected chi connectivity index (χ0v) is 13.5.